The Morgan fingerprint density at radius 3 is 2.91 bits per heavy atom. The minimum atomic E-state index is -0.185. The number of hydrogen-bond donors (Lipinski definition) is 1. The summed E-state index contributed by atoms with van der Waals surface area (Å²) in [6.45, 7) is 2.27. The second-order valence-corrected chi connectivity index (χ2v) is 3.44. The summed E-state index contributed by atoms with van der Waals surface area (Å²) in [4.78, 5) is 2.08. The van der Waals surface area contributed by atoms with E-state index in [2.05, 4.69) is 4.90 Å². The first-order chi connectivity index (χ1) is 5.22. The summed E-state index contributed by atoms with van der Waals surface area (Å²) in [5.74, 6) is 0. The summed E-state index contributed by atoms with van der Waals surface area (Å²) in [7, 11) is 0. The number of rotatable bonds is 2. The van der Waals surface area contributed by atoms with Crippen molar-refractivity contribution in [3.63, 3.8) is 0 Å². The molecule has 11 heavy (non-hydrogen) atoms. The molecule has 0 aliphatic carbocycles. The van der Waals surface area contributed by atoms with Crippen LogP contribution in [-0.2, 0) is 0 Å². The minimum absolute atomic E-state index is 0.185. The van der Waals surface area contributed by atoms with Crippen molar-refractivity contribution < 1.29 is 5.11 Å². The second kappa shape index (κ2) is 4.31. The highest BCUT2D eigenvalue weighted by molar-refractivity contribution is 6.36. The SMILES string of the molecule is O[C@H]1CCN(CC(Cl)=CCl)C1. The number of likely N-dealkylation sites (tertiary alicyclic amines) is 1. The Kier molecular flexibility index (Phi) is 3.66. The fraction of sp³-hybridized carbons (Fsp3) is 0.714. The number of aliphatic hydroxyl groups is 1. The molecule has 1 heterocycles. The molecular weight excluding hydrogens is 185 g/mol. The summed E-state index contributed by atoms with van der Waals surface area (Å²) in [6, 6.07) is 0. The van der Waals surface area contributed by atoms with E-state index in [0.29, 0.717) is 18.1 Å². The van der Waals surface area contributed by atoms with E-state index in [9.17, 15) is 0 Å². The van der Waals surface area contributed by atoms with Crippen LogP contribution in [0.15, 0.2) is 10.6 Å². The predicted octanol–water partition coefficient (Wildman–Crippen LogP) is 1.37. The van der Waals surface area contributed by atoms with Crippen molar-refractivity contribution in [2.75, 3.05) is 19.6 Å². The van der Waals surface area contributed by atoms with E-state index in [1.165, 1.54) is 5.54 Å². The second-order valence-electron chi connectivity index (χ2n) is 2.73. The van der Waals surface area contributed by atoms with Crippen molar-refractivity contribution in [1.29, 1.82) is 0 Å². The van der Waals surface area contributed by atoms with Crippen molar-refractivity contribution in [1.82, 2.24) is 4.90 Å². The third kappa shape index (κ3) is 2.99. The van der Waals surface area contributed by atoms with Crippen molar-refractivity contribution in [3.8, 4) is 0 Å². The fourth-order valence-corrected chi connectivity index (χ4v) is 1.44. The first kappa shape index (κ1) is 9.33. The molecule has 0 spiro atoms. The fourth-order valence-electron chi connectivity index (χ4n) is 1.20. The monoisotopic (exact) mass is 195 g/mol. The van der Waals surface area contributed by atoms with Gasteiger partial charge in [0.2, 0.25) is 0 Å². The Balaban J connectivity index is 2.28. The third-order valence-corrected chi connectivity index (χ3v) is 2.34. The van der Waals surface area contributed by atoms with Gasteiger partial charge in [0.05, 0.1) is 6.10 Å². The van der Waals surface area contributed by atoms with Crippen molar-refractivity contribution in [2.45, 2.75) is 12.5 Å². The number of aliphatic hydroxyl groups excluding tert-OH is 1. The van der Waals surface area contributed by atoms with E-state index in [-0.39, 0.29) is 6.10 Å². The van der Waals surface area contributed by atoms with E-state index in [4.69, 9.17) is 28.3 Å². The molecule has 64 valence electrons. The van der Waals surface area contributed by atoms with E-state index in [1.807, 2.05) is 0 Å². The normalized spacial score (nSPS) is 27.9. The lowest BCUT2D eigenvalue weighted by Crippen LogP contribution is -2.23. The lowest BCUT2D eigenvalue weighted by molar-refractivity contribution is 0.179. The van der Waals surface area contributed by atoms with Gasteiger partial charge in [-0.15, -0.1) is 0 Å². The highest BCUT2D eigenvalue weighted by Crippen LogP contribution is 2.13. The molecule has 2 nitrogen and oxygen atoms in total. The molecule has 1 aliphatic heterocycles. The summed E-state index contributed by atoms with van der Waals surface area (Å²) in [5, 5.41) is 9.77. The van der Waals surface area contributed by atoms with E-state index >= 15 is 0 Å². The molecule has 0 unspecified atom stereocenters. The Bertz CT molecular complexity index is 161. The number of β-amino-alcohol motifs (C(OH)–C–C–N with tert-alkyl or cyclic N) is 1. The maximum absolute atomic E-state index is 9.15. The number of halogens is 2. The highest BCUT2D eigenvalue weighted by Gasteiger charge is 2.19. The Hall–Kier alpha value is 0.240. The van der Waals surface area contributed by atoms with Gasteiger partial charge in [-0.05, 0) is 6.42 Å². The number of hydrogen-bond acceptors (Lipinski definition) is 2. The van der Waals surface area contributed by atoms with Gasteiger partial charge in [0.15, 0.2) is 0 Å². The lowest BCUT2D eigenvalue weighted by Gasteiger charge is -2.12. The largest absolute Gasteiger partial charge is 0.392 e. The van der Waals surface area contributed by atoms with E-state index in [1.54, 1.807) is 0 Å². The maximum atomic E-state index is 9.15. The molecule has 1 rings (SSSR count). The molecule has 0 aromatic rings. The smallest absolute Gasteiger partial charge is 0.0679 e. The highest BCUT2D eigenvalue weighted by atomic mass is 35.5. The molecule has 1 saturated heterocycles. The predicted molar refractivity (Wildman–Crippen MR) is 46.9 cm³/mol. The number of nitrogens with zero attached hydrogens (tertiary/aromatic N) is 1. The molecule has 0 saturated carbocycles. The first-order valence-corrected chi connectivity index (χ1v) is 4.39. The van der Waals surface area contributed by atoms with Crippen LogP contribution in [0.5, 0.6) is 0 Å². The van der Waals surface area contributed by atoms with Crippen LogP contribution >= 0.6 is 23.2 Å². The van der Waals surface area contributed by atoms with Gasteiger partial charge in [0.25, 0.3) is 0 Å². The van der Waals surface area contributed by atoms with Gasteiger partial charge in [-0.25, -0.2) is 0 Å². The third-order valence-electron chi connectivity index (χ3n) is 1.74. The molecule has 0 radical (unpaired) electrons. The summed E-state index contributed by atoms with van der Waals surface area (Å²) >= 11 is 11.1. The van der Waals surface area contributed by atoms with Crippen LogP contribution in [0.3, 0.4) is 0 Å². The summed E-state index contributed by atoms with van der Waals surface area (Å²) < 4.78 is 0. The average molecular weight is 196 g/mol. The van der Waals surface area contributed by atoms with E-state index < -0.39 is 0 Å². The van der Waals surface area contributed by atoms with Gasteiger partial charge in [-0.1, -0.05) is 23.2 Å². The van der Waals surface area contributed by atoms with Crippen LogP contribution < -0.4 is 0 Å². The van der Waals surface area contributed by atoms with Gasteiger partial charge in [0.1, 0.15) is 0 Å². The summed E-state index contributed by atoms with van der Waals surface area (Å²) in [5.41, 5.74) is 1.37. The van der Waals surface area contributed by atoms with E-state index in [0.717, 1.165) is 13.0 Å². The zero-order valence-electron chi connectivity index (χ0n) is 6.13. The van der Waals surface area contributed by atoms with Crippen LogP contribution in [0, 0.1) is 0 Å². The van der Waals surface area contributed by atoms with Crippen molar-refractivity contribution in [3.05, 3.63) is 10.6 Å². The molecule has 1 N–H and O–H groups in total. The molecular formula is C7H11Cl2NO. The molecule has 0 bridgehead atoms. The lowest BCUT2D eigenvalue weighted by atomic mass is 10.3. The Labute approximate surface area is 76.4 Å². The first-order valence-electron chi connectivity index (χ1n) is 3.57. The average Bonchev–Trinajstić information content (AvgIpc) is 2.35. The van der Waals surface area contributed by atoms with Gasteiger partial charge >= 0.3 is 0 Å². The van der Waals surface area contributed by atoms with Crippen molar-refractivity contribution >= 4 is 23.2 Å². The Morgan fingerprint density at radius 2 is 2.45 bits per heavy atom. The van der Waals surface area contributed by atoms with Crippen LogP contribution in [0.4, 0.5) is 0 Å². The molecule has 0 aromatic carbocycles. The molecule has 0 aromatic heterocycles. The quantitative estimate of drug-likeness (QED) is 0.720. The van der Waals surface area contributed by atoms with Crippen LogP contribution in [0.2, 0.25) is 0 Å². The minimum Gasteiger partial charge on any atom is -0.392 e. The van der Waals surface area contributed by atoms with Gasteiger partial charge in [-0.2, -0.15) is 0 Å². The standard InChI is InChI=1S/C7H11Cl2NO/c8-3-6(9)4-10-2-1-7(11)5-10/h3,7,11H,1-2,4-5H2/t7-/m0/s1. The summed E-state index contributed by atoms with van der Waals surface area (Å²) in [6.07, 6.45) is 0.654. The zero-order valence-corrected chi connectivity index (χ0v) is 7.65. The topological polar surface area (TPSA) is 23.5 Å². The van der Waals surface area contributed by atoms with Crippen molar-refractivity contribution in [2.24, 2.45) is 0 Å². The maximum Gasteiger partial charge on any atom is 0.0679 e. The Morgan fingerprint density at radius 1 is 1.73 bits per heavy atom. The molecule has 1 aliphatic rings. The van der Waals surface area contributed by atoms with Crippen LogP contribution in [0.25, 0.3) is 0 Å². The zero-order chi connectivity index (χ0) is 8.27. The van der Waals surface area contributed by atoms with Crippen LogP contribution in [-0.4, -0.2) is 35.7 Å². The molecule has 1 atom stereocenters. The van der Waals surface area contributed by atoms with Gasteiger partial charge < -0.3 is 5.11 Å². The van der Waals surface area contributed by atoms with Gasteiger partial charge in [0, 0.05) is 30.2 Å². The van der Waals surface area contributed by atoms with Crippen LogP contribution in [0.1, 0.15) is 6.42 Å². The molecule has 4 heteroatoms. The van der Waals surface area contributed by atoms with Gasteiger partial charge in [-0.3, -0.25) is 4.90 Å². The molecule has 1 fully saturated rings. The molecule has 0 amide bonds.